The first-order valence-electron chi connectivity index (χ1n) is 5.40. The number of hydrogen-bond donors (Lipinski definition) is 0. The van der Waals surface area contributed by atoms with Crippen molar-refractivity contribution in [3.05, 3.63) is 30.1 Å². The maximum absolute atomic E-state index is 12.0. The van der Waals surface area contributed by atoms with Crippen molar-refractivity contribution in [1.29, 1.82) is 5.26 Å². The minimum Gasteiger partial charge on any atom is -0.337 e. The number of piperidine rings is 1. The van der Waals surface area contributed by atoms with Crippen LogP contribution in [-0.4, -0.2) is 28.9 Å². The standard InChI is InChI=1S/C12H13N3O/c13-7-10-3-2-6-15(9-10)12(16)11-4-1-5-14-8-11/h1,4-5,8,10H,2-3,6,9H2. The van der Waals surface area contributed by atoms with Gasteiger partial charge in [0.2, 0.25) is 0 Å². The van der Waals surface area contributed by atoms with Crippen LogP contribution in [-0.2, 0) is 0 Å². The molecular formula is C12H13N3O. The van der Waals surface area contributed by atoms with Gasteiger partial charge in [-0.3, -0.25) is 9.78 Å². The molecule has 0 N–H and O–H groups in total. The molecule has 0 saturated carbocycles. The molecule has 0 aromatic carbocycles. The molecule has 0 radical (unpaired) electrons. The largest absolute Gasteiger partial charge is 0.337 e. The van der Waals surface area contributed by atoms with Gasteiger partial charge in [0, 0.05) is 25.5 Å². The Labute approximate surface area is 94.5 Å². The molecule has 1 aromatic rings. The predicted octanol–water partition coefficient (Wildman–Crippen LogP) is 1.46. The van der Waals surface area contributed by atoms with Crippen LogP contribution in [0.15, 0.2) is 24.5 Å². The number of carbonyl (C=O) groups excluding carboxylic acids is 1. The number of likely N-dealkylation sites (tertiary alicyclic amines) is 1. The van der Waals surface area contributed by atoms with E-state index in [9.17, 15) is 4.79 Å². The van der Waals surface area contributed by atoms with Crippen LogP contribution in [0.1, 0.15) is 23.2 Å². The van der Waals surface area contributed by atoms with Crippen molar-refractivity contribution >= 4 is 5.91 Å². The average Bonchev–Trinajstić information content (AvgIpc) is 2.39. The van der Waals surface area contributed by atoms with Crippen molar-refractivity contribution in [3.63, 3.8) is 0 Å². The van der Waals surface area contributed by atoms with E-state index in [4.69, 9.17) is 5.26 Å². The van der Waals surface area contributed by atoms with E-state index in [1.54, 1.807) is 29.4 Å². The first kappa shape index (κ1) is 10.6. The molecule has 2 heterocycles. The molecule has 0 bridgehead atoms. The summed E-state index contributed by atoms with van der Waals surface area (Å²) < 4.78 is 0. The van der Waals surface area contributed by atoms with Gasteiger partial charge in [-0.05, 0) is 25.0 Å². The molecule has 1 atom stereocenters. The zero-order chi connectivity index (χ0) is 11.4. The van der Waals surface area contributed by atoms with Crippen LogP contribution < -0.4 is 0 Å². The fourth-order valence-corrected chi connectivity index (χ4v) is 1.94. The quantitative estimate of drug-likeness (QED) is 0.712. The lowest BCUT2D eigenvalue weighted by molar-refractivity contribution is 0.0698. The summed E-state index contributed by atoms with van der Waals surface area (Å²) in [5.41, 5.74) is 0.598. The summed E-state index contributed by atoms with van der Waals surface area (Å²) in [5, 5.41) is 8.86. The second kappa shape index (κ2) is 4.75. The van der Waals surface area contributed by atoms with Gasteiger partial charge in [0.1, 0.15) is 0 Å². The van der Waals surface area contributed by atoms with Gasteiger partial charge in [-0.2, -0.15) is 5.26 Å². The van der Waals surface area contributed by atoms with Gasteiger partial charge in [-0.25, -0.2) is 0 Å². The van der Waals surface area contributed by atoms with E-state index >= 15 is 0 Å². The van der Waals surface area contributed by atoms with E-state index in [1.165, 1.54) is 0 Å². The van der Waals surface area contributed by atoms with E-state index in [2.05, 4.69) is 11.1 Å². The molecule has 16 heavy (non-hydrogen) atoms. The minimum absolute atomic E-state index is 0.0191. The molecular weight excluding hydrogens is 202 g/mol. The van der Waals surface area contributed by atoms with Gasteiger partial charge >= 0.3 is 0 Å². The van der Waals surface area contributed by atoms with Gasteiger partial charge < -0.3 is 4.90 Å². The first-order valence-corrected chi connectivity index (χ1v) is 5.40. The van der Waals surface area contributed by atoms with Crippen molar-refractivity contribution in [3.8, 4) is 6.07 Å². The summed E-state index contributed by atoms with van der Waals surface area (Å²) in [4.78, 5) is 17.7. The Balaban J connectivity index is 2.08. The van der Waals surface area contributed by atoms with Crippen LogP contribution in [0.3, 0.4) is 0 Å². The van der Waals surface area contributed by atoms with Gasteiger partial charge in [0.25, 0.3) is 5.91 Å². The Kier molecular flexibility index (Phi) is 3.16. The van der Waals surface area contributed by atoms with E-state index in [0.29, 0.717) is 12.1 Å². The second-order valence-corrected chi connectivity index (χ2v) is 3.96. The number of aromatic nitrogens is 1. The topological polar surface area (TPSA) is 57.0 Å². The fraction of sp³-hybridized carbons (Fsp3) is 0.417. The minimum atomic E-state index is -0.0203. The highest BCUT2D eigenvalue weighted by Crippen LogP contribution is 2.17. The highest BCUT2D eigenvalue weighted by atomic mass is 16.2. The van der Waals surface area contributed by atoms with Crippen molar-refractivity contribution in [2.45, 2.75) is 12.8 Å². The Morgan fingerprint density at radius 2 is 2.50 bits per heavy atom. The smallest absolute Gasteiger partial charge is 0.255 e. The van der Waals surface area contributed by atoms with Gasteiger partial charge in [0.05, 0.1) is 17.6 Å². The van der Waals surface area contributed by atoms with Crippen LogP contribution in [0.4, 0.5) is 0 Å². The Hall–Kier alpha value is -1.89. The maximum atomic E-state index is 12.0. The van der Waals surface area contributed by atoms with Crippen LogP contribution >= 0.6 is 0 Å². The lowest BCUT2D eigenvalue weighted by Gasteiger charge is -2.29. The third-order valence-corrected chi connectivity index (χ3v) is 2.80. The van der Waals surface area contributed by atoms with E-state index < -0.39 is 0 Å². The molecule has 1 aliphatic heterocycles. The molecule has 1 fully saturated rings. The zero-order valence-corrected chi connectivity index (χ0v) is 8.97. The van der Waals surface area contributed by atoms with E-state index in [1.807, 2.05) is 0 Å². The Morgan fingerprint density at radius 3 is 3.19 bits per heavy atom. The maximum Gasteiger partial charge on any atom is 0.255 e. The lowest BCUT2D eigenvalue weighted by Crippen LogP contribution is -2.39. The van der Waals surface area contributed by atoms with Crippen molar-refractivity contribution in [2.75, 3.05) is 13.1 Å². The molecule has 2 rings (SSSR count). The predicted molar refractivity (Wildman–Crippen MR) is 58.5 cm³/mol. The monoisotopic (exact) mass is 215 g/mol. The molecule has 1 saturated heterocycles. The number of carbonyl (C=O) groups is 1. The molecule has 4 heteroatoms. The summed E-state index contributed by atoms with van der Waals surface area (Å²) in [7, 11) is 0. The molecule has 0 spiro atoms. The van der Waals surface area contributed by atoms with Crippen LogP contribution in [0.2, 0.25) is 0 Å². The van der Waals surface area contributed by atoms with Gasteiger partial charge in [0.15, 0.2) is 0 Å². The third-order valence-electron chi connectivity index (χ3n) is 2.80. The number of amides is 1. The summed E-state index contributed by atoms with van der Waals surface area (Å²) in [6.07, 6.45) is 5.01. The van der Waals surface area contributed by atoms with Crippen molar-refractivity contribution in [2.24, 2.45) is 5.92 Å². The zero-order valence-electron chi connectivity index (χ0n) is 8.97. The molecule has 1 aliphatic rings. The molecule has 0 aliphatic carbocycles. The highest BCUT2D eigenvalue weighted by Gasteiger charge is 2.24. The SMILES string of the molecule is N#CC1CCCN(C(=O)c2cccnc2)C1. The van der Waals surface area contributed by atoms with Gasteiger partial charge in [-0.15, -0.1) is 0 Å². The molecule has 1 aromatic heterocycles. The Bertz CT molecular complexity index is 410. The van der Waals surface area contributed by atoms with Crippen LogP contribution in [0.5, 0.6) is 0 Å². The number of nitriles is 1. The normalized spacial score (nSPS) is 20.2. The van der Waals surface area contributed by atoms with Crippen LogP contribution in [0, 0.1) is 17.2 Å². The highest BCUT2D eigenvalue weighted by molar-refractivity contribution is 5.93. The molecule has 82 valence electrons. The fourth-order valence-electron chi connectivity index (χ4n) is 1.94. The summed E-state index contributed by atoms with van der Waals surface area (Å²) in [6, 6.07) is 5.73. The second-order valence-electron chi connectivity index (χ2n) is 3.96. The molecule has 4 nitrogen and oxygen atoms in total. The number of rotatable bonds is 1. The number of pyridine rings is 1. The van der Waals surface area contributed by atoms with Gasteiger partial charge in [-0.1, -0.05) is 0 Å². The first-order chi connectivity index (χ1) is 7.81. The number of nitrogens with zero attached hydrogens (tertiary/aromatic N) is 3. The third kappa shape index (κ3) is 2.19. The lowest BCUT2D eigenvalue weighted by atomic mass is 9.99. The average molecular weight is 215 g/mol. The number of hydrogen-bond acceptors (Lipinski definition) is 3. The van der Waals surface area contributed by atoms with Crippen LogP contribution in [0.25, 0.3) is 0 Å². The molecule has 1 amide bonds. The van der Waals surface area contributed by atoms with E-state index in [-0.39, 0.29) is 11.8 Å². The summed E-state index contributed by atoms with van der Waals surface area (Å²) in [5.74, 6) is -0.0394. The summed E-state index contributed by atoms with van der Waals surface area (Å²) >= 11 is 0. The van der Waals surface area contributed by atoms with Crippen molar-refractivity contribution < 1.29 is 4.79 Å². The van der Waals surface area contributed by atoms with Crippen molar-refractivity contribution in [1.82, 2.24) is 9.88 Å². The summed E-state index contributed by atoms with van der Waals surface area (Å²) in [6.45, 7) is 1.29. The molecule has 1 unspecified atom stereocenters. The van der Waals surface area contributed by atoms with E-state index in [0.717, 1.165) is 19.4 Å². The Morgan fingerprint density at radius 1 is 1.62 bits per heavy atom.